The van der Waals surface area contributed by atoms with Crippen LogP contribution in [0.4, 0.5) is 4.79 Å². The van der Waals surface area contributed by atoms with Gasteiger partial charge in [0.1, 0.15) is 5.60 Å². The number of cyclic esters (lactones) is 1. The number of ether oxygens (including phenoxy) is 1. The standard InChI is InChI=1S/C11H19NO2/c1-4-11(3)10(2)7-5-6-8-12(10)9(13)14-11/h4-8H2,1-3H3/t10?,11-/m0/s1. The third-order valence-electron chi connectivity index (χ3n) is 4.24. The highest BCUT2D eigenvalue weighted by Crippen LogP contribution is 2.46. The van der Waals surface area contributed by atoms with Crippen molar-refractivity contribution in [2.24, 2.45) is 0 Å². The molecule has 1 unspecified atom stereocenters. The molecule has 0 aromatic carbocycles. The third-order valence-corrected chi connectivity index (χ3v) is 4.24. The van der Waals surface area contributed by atoms with Gasteiger partial charge in [0.15, 0.2) is 0 Å². The fourth-order valence-corrected chi connectivity index (χ4v) is 2.77. The molecule has 14 heavy (non-hydrogen) atoms. The summed E-state index contributed by atoms with van der Waals surface area (Å²) >= 11 is 0. The molecule has 2 aliphatic heterocycles. The Kier molecular flexibility index (Phi) is 2.02. The van der Waals surface area contributed by atoms with Crippen LogP contribution in [0.25, 0.3) is 0 Å². The lowest BCUT2D eigenvalue weighted by atomic mass is 9.75. The van der Waals surface area contributed by atoms with Crippen molar-refractivity contribution in [2.45, 2.75) is 57.6 Å². The van der Waals surface area contributed by atoms with Crippen LogP contribution in [0.15, 0.2) is 0 Å². The van der Waals surface area contributed by atoms with Gasteiger partial charge in [0.25, 0.3) is 0 Å². The predicted octanol–water partition coefficient (Wildman–Crippen LogP) is 2.55. The molecule has 2 aliphatic rings. The van der Waals surface area contributed by atoms with E-state index in [9.17, 15) is 4.79 Å². The van der Waals surface area contributed by atoms with E-state index in [-0.39, 0.29) is 17.2 Å². The smallest absolute Gasteiger partial charge is 0.410 e. The number of hydrogen-bond acceptors (Lipinski definition) is 2. The number of nitrogens with zero attached hydrogens (tertiary/aromatic N) is 1. The van der Waals surface area contributed by atoms with E-state index in [0.29, 0.717) is 0 Å². The van der Waals surface area contributed by atoms with Crippen LogP contribution in [0.3, 0.4) is 0 Å². The van der Waals surface area contributed by atoms with Gasteiger partial charge in [-0.15, -0.1) is 0 Å². The monoisotopic (exact) mass is 197 g/mol. The number of amides is 1. The van der Waals surface area contributed by atoms with Crippen LogP contribution in [0.5, 0.6) is 0 Å². The van der Waals surface area contributed by atoms with Crippen LogP contribution in [-0.4, -0.2) is 28.7 Å². The molecule has 0 spiro atoms. The van der Waals surface area contributed by atoms with Crippen LogP contribution in [0.1, 0.15) is 46.5 Å². The molecule has 2 heterocycles. The second-order valence-corrected chi connectivity index (χ2v) is 4.83. The van der Waals surface area contributed by atoms with E-state index in [2.05, 4.69) is 20.8 Å². The molecule has 80 valence electrons. The van der Waals surface area contributed by atoms with Gasteiger partial charge in [-0.3, -0.25) is 4.90 Å². The molecule has 0 radical (unpaired) electrons. The minimum atomic E-state index is -0.287. The number of rotatable bonds is 1. The summed E-state index contributed by atoms with van der Waals surface area (Å²) in [5.41, 5.74) is -0.360. The summed E-state index contributed by atoms with van der Waals surface area (Å²) in [6.45, 7) is 7.19. The van der Waals surface area contributed by atoms with Crippen LogP contribution in [0, 0.1) is 0 Å². The van der Waals surface area contributed by atoms with Gasteiger partial charge in [-0.05, 0) is 39.5 Å². The maximum atomic E-state index is 11.7. The maximum absolute atomic E-state index is 11.7. The fourth-order valence-electron chi connectivity index (χ4n) is 2.77. The van der Waals surface area contributed by atoms with Crippen molar-refractivity contribution in [1.82, 2.24) is 4.90 Å². The average molecular weight is 197 g/mol. The lowest BCUT2D eigenvalue weighted by Gasteiger charge is -2.44. The summed E-state index contributed by atoms with van der Waals surface area (Å²) in [7, 11) is 0. The first-order chi connectivity index (χ1) is 6.53. The Balaban J connectivity index is 2.36. The summed E-state index contributed by atoms with van der Waals surface area (Å²) in [6.07, 6.45) is 4.18. The summed E-state index contributed by atoms with van der Waals surface area (Å²) in [4.78, 5) is 13.6. The summed E-state index contributed by atoms with van der Waals surface area (Å²) < 4.78 is 5.54. The van der Waals surface area contributed by atoms with Crippen molar-refractivity contribution < 1.29 is 9.53 Å². The van der Waals surface area contributed by atoms with Gasteiger partial charge >= 0.3 is 6.09 Å². The zero-order chi connectivity index (χ0) is 10.4. The van der Waals surface area contributed by atoms with Gasteiger partial charge in [0.05, 0.1) is 5.54 Å². The number of carbonyl (C=O) groups is 1. The van der Waals surface area contributed by atoms with E-state index in [1.54, 1.807) is 0 Å². The van der Waals surface area contributed by atoms with Gasteiger partial charge in [-0.1, -0.05) is 6.92 Å². The Hall–Kier alpha value is -0.730. The predicted molar refractivity (Wildman–Crippen MR) is 54.1 cm³/mol. The molecule has 3 nitrogen and oxygen atoms in total. The highest BCUT2D eigenvalue weighted by molar-refractivity contribution is 5.72. The first kappa shape index (κ1) is 9.81. The first-order valence-corrected chi connectivity index (χ1v) is 5.54. The molecule has 2 atom stereocenters. The molecule has 3 heteroatoms. The molecule has 1 amide bonds. The second-order valence-electron chi connectivity index (χ2n) is 4.83. The SMILES string of the molecule is CC[C@]1(C)OC(=O)N2CCCCC21C. The van der Waals surface area contributed by atoms with E-state index in [1.807, 2.05) is 4.90 Å². The highest BCUT2D eigenvalue weighted by atomic mass is 16.6. The van der Waals surface area contributed by atoms with Crippen LogP contribution >= 0.6 is 0 Å². The van der Waals surface area contributed by atoms with Gasteiger partial charge in [-0.25, -0.2) is 4.79 Å². The Labute approximate surface area is 85.4 Å². The topological polar surface area (TPSA) is 29.5 Å². The van der Waals surface area contributed by atoms with Crippen molar-refractivity contribution in [3.63, 3.8) is 0 Å². The molecule has 2 fully saturated rings. The molecule has 0 aromatic heterocycles. The Bertz CT molecular complexity index is 266. The molecule has 2 rings (SSSR count). The number of fused-ring (bicyclic) bond motifs is 1. The van der Waals surface area contributed by atoms with Crippen molar-refractivity contribution in [1.29, 1.82) is 0 Å². The van der Waals surface area contributed by atoms with E-state index in [0.717, 1.165) is 25.8 Å². The van der Waals surface area contributed by atoms with Crippen molar-refractivity contribution in [3.05, 3.63) is 0 Å². The van der Waals surface area contributed by atoms with Crippen LogP contribution < -0.4 is 0 Å². The lowest BCUT2D eigenvalue weighted by molar-refractivity contribution is -0.00886. The van der Waals surface area contributed by atoms with E-state index < -0.39 is 0 Å². The second kappa shape index (κ2) is 2.88. The molecule has 0 bridgehead atoms. The molecular weight excluding hydrogens is 178 g/mol. The Morgan fingerprint density at radius 2 is 2.14 bits per heavy atom. The van der Waals surface area contributed by atoms with Gasteiger partial charge < -0.3 is 4.74 Å². The minimum absolute atomic E-state index is 0.0723. The molecule has 0 saturated carbocycles. The van der Waals surface area contributed by atoms with Crippen molar-refractivity contribution >= 4 is 6.09 Å². The van der Waals surface area contributed by atoms with Gasteiger partial charge in [0, 0.05) is 6.54 Å². The van der Waals surface area contributed by atoms with E-state index in [1.165, 1.54) is 6.42 Å². The van der Waals surface area contributed by atoms with Crippen molar-refractivity contribution in [3.8, 4) is 0 Å². The van der Waals surface area contributed by atoms with E-state index in [4.69, 9.17) is 4.74 Å². The summed E-state index contributed by atoms with van der Waals surface area (Å²) in [5.74, 6) is 0. The number of hydrogen-bond donors (Lipinski definition) is 0. The first-order valence-electron chi connectivity index (χ1n) is 5.54. The van der Waals surface area contributed by atoms with Crippen LogP contribution in [-0.2, 0) is 4.74 Å². The third kappa shape index (κ3) is 1.01. The minimum Gasteiger partial charge on any atom is -0.441 e. The summed E-state index contributed by atoms with van der Waals surface area (Å²) in [5, 5.41) is 0. The van der Waals surface area contributed by atoms with Crippen molar-refractivity contribution in [2.75, 3.05) is 6.54 Å². The normalized spacial score (nSPS) is 42.2. The maximum Gasteiger partial charge on any atom is 0.410 e. The summed E-state index contributed by atoms with van der Waals surface area (Å²) in [6, 6.07) is 0. The number of piperidine rings is 1. The number of carbonyl (C=O) groups excluding carboxylic acids is 1. The molecule has 0 aromatic rings. The molecular formula is C11H19NO2. The molecule has 2 saturated heterocycles. The van der Waals surface area contributed by atoms with Crippen LogP contribution in [0.2, 0.25) is 0 Å². The largest absolute Gasteiger partial charge is 0.441 e. The Morgan fingerprint density at radius 1 is 1.43 bits per heavy atom. The quantitative estimate of drug-likeness (QED) is 0.646. The Morgan fingerprint density at radius 3 is 2.79 bits per heavy atom. The van der Waals surface area contributed by atoms with E-state index >= 15 is 0 Å². The highest BCUT2D eigenvalue weighted by Gasteiger charge is 2.59. The zero-order valence-electron chi connectivity index (χ0n) is 9.30. The zero-order valence-corrected chi connectivity index (χ0v) is 9.30. The molecule has 0 N–H and O–H groups in total. The molecule has 0 aliphatic carbocycles. The van der Waals surface area contributed by atoms with Gasteiger partial charge in [-0.2, -0.15) is 0 Å². The lowest BCUT2D eigenvalue weighted by Crippen LogP contribution is -2.56. The fraction of sp³-hybridized carbons (Fsp3) is 0.909. The average Bonchev–Trinajstić information content (AvgIpc) is 2.36. The van der Waals surface area contributed by atoms with Gasteiger partial charge in [0.2, 0.25) is 0 Å².